The number of hydrogen-bond donors (Lipinski definition) is 1. The molecule has 1 aromatic heterocycles. The van der Waals surface area contributed by atoms with Crippen molar-refractivity contribution in [1.82, 2.24) is 5.16 Å². The number of rotatable bonds is 10. The van der Waals surface area contributed by atoms with E-state index in [1.54, 1.807) is 18.2 Å². The maximum absolute atomic E-state index is 13.6. The van der Waals surface area contributed by atoms with Gasteiger partial charge in [0.15, 0.2) is 6.29 Å². The van der Waals surface area contributed by atoms with Crippen LogP contribution < -0.4 is 10.2 Å². The Labute approximate surface area is 221 Å². The highest BCUT2D eigenvalue weighted by atomic mass is 35.5. The van der Waals surface area contributed by atoms with Crippen LogP contribution in [0.2, 0.25) is 10.0 Å². The smallest absolute Gasteiger partial charge is 0.261 e. The second kappa shape index (κ2) is 12.6. The molecular weight excluding hydrogens is 501 g/mol. The number of nitrogens with one attached hydrogen (secondary N) is 1. The zero-order chi connectivity index (χ0) is 25.5. The summed E-state index contributed by atoms with van der Waals surface area (Å²) in [6.07, 6.45) is 2.55. The summed E-state index contributed by atoms with van der Waals surface area (Å²) < 4.78 is 16.9. The Morgan fingerprint density at radius 2 is 1.72 bits per heavy atom. The highest BCUT2D eigenvalue weighted by Crippen LogP contribution is 2.37. The van der Waals surface area contributed by atoms with Crippen LogP contribution in [-0.4, -0.2) is 43.7 Å². The van der Waals surface area contributed by atoms with Crippen LogP contribution >= 0.6 is 23.2 Å². The van der Waals surface area contributed by atoms with Crippen molar-refractivity contribution >= 4 is 40.5 Å². The molecular formula is C27H31Cl2N3O4. The molecule has 7 nitrogen and oxygen atoms in total. The molecule has 0 atom stereocenters. The van der Waals surface area contributed by atoms with Gasteiger partial charge in [-0.15, -0.1) is 0 Å². The zero-order valence-electron chi connectivity index (χ0n) is 20.6. The summed E-state index contributed by atoms with van der Waals surface area (Å²) in [5, 5.41) is 7.99. The number of nitrogens with zero attached hydrogens (tertiary/aromatic N) is 2. The molecule has 0 bridgehead atoms. The van der Waals surface area contributed by atoms with Gasteiger partial charge in [-0.2, -0.15) is 0 Å². The lowest BCUT2D eigenvalue weighted by Crippen LogP contribution is -2.24. The fraction of sp³-hybridized carbons (Fsp3) is 0.407. The molecule has 1 fully saturated rings. The maximum Gasteiger partial charge on any atom is 0.261 e. The van der Waals surface area contributed by atoms with Gasteiger partial charge in [-0.1, -0.05) is 34.4 Å². The lowest BCUT2D eigenvalue weighted by molar-refractivity contribution is -0.181. The van der Waals surface area contributed by atoms with Crippen molar-refractivity contribution in [2.45, 2.75) is 45.8 Å². The first kappa shape index (κ1) is 26.5. The molecule has 0 spiro atoms. The highest BCUT2D eigenvalue weighted by Gasteiger charge is 2.27. The van der Waals surface area contributed by atoms with Crippen molar-refractivity contribution in [3.8, 4) is 11.3 Å². The topological polar surface area (TPSA) is 76.8 Å². The van der Waals surface area contributed by atoms with E-state index in [4.69, 9.17) is 37.2 Å². The Bertz CT molecular complexity index is 1140. The van der Waals surface area contributed by atoms with Crippen LogP contribution in [0.1, 0.15) is 49.2 Å². The summed E-state index contributed by atoms with van der Waals surface area (Å²) in [4.78, 5) is 15.8. The third-order valence-electron chi connectivity index (χ3n) is 6.18. The van der Waals surface area contributed by atoms with Crippen molar-refractivity contribution in [3.63, 3.8) is 0 Å². The van der Waals surface area contributed by atoms with Gasteiger partial charge in [-0.3, -0.25) is 4.79 Å². The van der Waals surface area contributed by atoms with Gasteiger partial charge in [0.05, 0.1) is 23.3 Å². The summed E-state index contributed by atoms with van der Waals surface area (Å²) in [5.74, 6) is 0.132. The Kier molecular flexibility index (Phi) is 9.26. The zero-order valence-corrected chi connectivity index (χ0v) is 22.1. The van der Waals surface area contributed by atoms with E-state index in [1.807, 2.05) is 24.3 Å². The van der Waals surface area contributed by atoms with Crippen molar-refractivity contribution in [3.05, 3.63) is 63.8 Å². The van der Waals surface area contributed by atoms with Gasteiger partial charge in [0, 0.05) is 36.4 Å². The molecule has 1 aliphatic heterocycles. The molecule has 2 heterocycles. The van der Waals surface area contributed by atoms with Crippen LogP contribution in [-0.2, 0) is 15.9 Å². The third-order valence-corrected chi connectivity index (χ3v) is 6.81. The van der Waals surface area contributed by atoms with Crippen LogP contribution in [0.15, 0.2) is 47.0 Å². The predicted molar refractivity (Wildman–Crippen MR) is 143 cm³/mol. The predicted octanol–water partition coefficient (Wildman–Crippen LogP) is 6.83. The average Bonchev–Trinajstić information content (AvgIpc) is 3.30. The van der Waals surface area contributed by atoms with Gasteiger partial charge in [0.1, 0.15) is 17.0 Å². The molecule has 0 unspecified atom stereocenters. The Morgan fingerprint density at radius 3 is 2.36 bits per heavy atom. The maximum atomic E-state index is 13.6. The molecule has 1 amide bonds. The van der Waals surface area contributed by atoms with Gasteiger partial charge < -0.3 is 24.2 Å². The Balaban J connectivity index is 1.58. The second-order valence-corrected chi connectivity index (χ2v) is 9.33. The van der Waals surface area contributed by atoms with Gasteiger partial charge in [-0.05, 0) is 69.5 Å². The Morgan fingerprint density at radius 1 is 1.06 bits per heavy atom. The summed E-state index contributed by atoms with van der Waals surface area (Å²) in [7, 11) is 0. The molecule has 2 aromatic carbocycles. The number of benzene rings is 2. The number of carbonyl (C=O) groups is 1. The van der Waals surface area contributed by atoms with E-state index < -0.39 is 0 Å². The van der Waals surface area contributed by atoms with E-state index in [2.05, 4.69) is 29.2 Å². The molecule has 0 saturated carbocycles. The standard InChI is InChI=1S/C27H31Cl2N3O4/c1-3-32(4-2)19-14-12-18(13-15-19)30-27(33)25-22(10-6-11-23-34-16-7-17-35-23)36-31-26(25)24-20(28)8-5-9-21(24)29/h5,8-9,12-15,23H,3-4,6-7,10-11,16-17H2,1-2H3,(H,30,33). The largest absolute Gasteiger partial charge is 0.372 e. The molecule has 1 N–H and O–H groups in total. The lowest BCUT2D eigenvalue weighted by atomic mass is 10.0. The van der Waals surface area contributed by atoms with E-state index in [0.29, 0.717) is 70.8 Å². The van der Waals surface area contributed by atoms with Gasteiger partial charge in [-0.25, -0.2) is 0 Å². The number of anilines is 2. The van der Waals surface area contributed by atoms with Gasteiger partial charge in [0.25, 0.3) is 5.91 Å². The van der Waals surface area contributed by atoms with Gasteiger partial charge >= 0.3 is 0 Å². The first-order valence-electron chi connectivity index (χ1n) is 12.3. The van der Waals surface area contributed by atoms with Crippen LogP contribution in [0.25, 0.3) is 11.3 Å². The van der Waals surface area contributed by atoms with E-state index >= 15 is 0 Å². The number of amides is 1. The van der Waals surface area contributed by atoms with Crippen LogP contribution in [0, 0.1) is 0 Å². The molecule has 9 heteroatoms. The first-order valence-corrected chi connectivity index (χ1v) is 13.1. The molecule has 0 aliphatic carbocycles. The minimum Gasteiger partial charge on any atom is -0.372 e. The van der Waals surface area contributed by atoms with Crippen molar-refractivity contribution < 1.29 is 18.8 Å². The average molecular weight is 532 g/mol. The molecule has 0 radical (unpaired) electrons. The summed E-state index contributed by atoms with van der Waals surface area (Å²) in [6, 6.07) is 12.9. The third kappa shape index (κ3) is 6.21. The number of carbonyl (C=O) groups excluding carboxylic acids is 1. The molecule has 1 aliphatic rings. The molecule has 36 heavy (non-hydrogen) atoms. The molecule has 4 rings (SSSR count). The van der Waals surface area contributed by atoms with Crippen molar-refractivity contribution in [2.24, 2.45) is 0 Å². The number of halogens is 2. The first-order chi connectivity index (χ1) is 17.5. The fourth-order valence-corrected chi connectivity index (χ4v) is 4.87. The van der Waals surface area contributed by atoms with Crippen LogP contribution in [0.4, 0.5) is 11.4 Å². The highest BCUT2D eigenvalue weighted by molar-refractivity contribution is 6.39. The van der Waals surface area contributed by atoms with E-state index in [-0.39, 0.29) is 12.2 Å². The Hall–Kier alpha value is -2.58. The van der Waals surface area contributed by atoms with Crippen molar-refractivity contribution in [1.29, 1.82) is 0 Å². The number of hydrogen-bond acceptors (Lipinski definition) is 6. The summed E-state index contributed by atoms with van der Waals surface area (Å²) in [6.45, 7) is 7.43. The monoisotopic (exact) mass is 531 g/mol. The van der Waals surface area contributed by atoms with E-state index in [1.165, 1.54) is 0 Å². The SMILES string of the molecule is CCN(CC)c1ccc(NC(=O)c2c(-c3c(Cl)cccc3Cl)noc2CCCC2OCCCO2)cc1. The molecule has 192 valence electrons. The normalized spacial score (nSPS) is 14.1. The van der Waals surface area contributed by atoms with Gasteiger partial charge in [0.2, 0.25) is 0 Å². The number of aryl methyl sites for hydroxylation is 1. The van der Waals surface area contributed by atoms with E-state index in [9.17, 15) is 4.79 Å². The summed E-state index contributed by atoms with van der Waals surface area (Å²) >= 11 is 12.9. The second-order valence-electron chi connectivity index (χ2n) is 8.52. The van der Waals surface area contributed by atoms with Crippen molar-refractivity contribution in [2.75, 3.05) is 36.5 Å². The molecule has 1 saturated heterocycles. The van der Waals surface area contributed by atoms with Crippen LogP contribution in [0.5, 0.6) is 0 Å². The quantitative estimate of drug-likeness (QED) is 0.308. The summed E-state index contributed by atoms with van der Waals surface area (Å²) in [5.41, 5.74) is 2.88. The van der Waals surface area contributed by atoms with Crippen LogP contribution in [0.3, 0.4) is 0 Å². The lowest BCUT2D eigenvalue weighted by Gasteiger charge is -2.22. The molecule has 3 aromatic rings. The number of aromatic nitrogens is 1. The minimum atomic E-state index is -0.335. The van der Waals surface area contributed by atoms with E-state index in [0.717, 1.165) is 25.2 Å². The number of ether oxygens (including phenoxy) is 2. The minimum absolute atomic E-state index is 0.235. The fourth-order valence-electron chi connectivity index (χ4n) is 4.29.